The predicted octanol–water partition coefficient (Wildman–Crippen LogP) is 2.31. The molecule has 182 valence electrons. The van der Waals surface area contributed by atoms with Gasteiger partial charge in [0.1, 0.15) is 5.69 Å². The van der Waals surface area contributed by atoms with Gasteiger partial charge in [-0.15, -0.1) is 0 Å². The van der Waals surface area contributed by atoms with Crippen LogP contribution in [0.15, 0.2) is 18.2 Å². The fraction of sp³-hybridized carbons (Fsp3) is 0.600. The Bertz CT molecular complexity index is 868. The van der Waals surface area contributed by atoms with Crippen LogP contribution in [0, 0.1) is 16.0 Å². The summed E-state index contributed by atoms with van der Waals surface area (Å²) in [6, 6.07) is 1.91. The van der Waals surface area contributed by atoms with E-state index in [2.05, 4.69) is 10.6 Å². The van der Waals surface area contributed by atoms with Crippen molar-refractivity contribution in [1.29, 1.82) is 0 Å². The van der Waals surface area contributed by atoms with E-state index in [1.807, 2.05) is 0 Å². The van der Waals surface area contributed by atoms with Crippen LogP contribution in [-0.2, 0) is 15.7 Å². The topological polar surface area (TPSA) is 117 Å². The maximum absolute atomic E-state index is 12.8. The van der Waals surface area contributed by atoms with Crippen molar-refractivity contribution in [2.45, 2.75) is 19.0 Å². The predicted molar refractivity (Wildman–Crippen MR) is 112 cm³/mol. The van der Waals surface area contributed by atoms with Gasteiger partial charge in [-0.2, -0.15) is 13.2 Å². The van der Waals surface area contributed by atoms with E-state index in [9.17, 15) is 32.9 Å². The summed E-state index contributed by atoms with van der Waals surface area (Å²) in [6.45, 7) is 3.32. The highest BCUT2D eigenvalue weighted by Crippen LogP contribution is 2.34. The normalized spacial score (nSPS) is 17.5. The molecule has 1 aromatic carbocycles. The highest BCUT2D eigenvalue weighted by atomic mass is 19.4. The fourth-order valence-corrected chi connectivity index (χ4v) is 3.86. The Labute approximate surface area is 188 Å². The number of amides is 3. The van der Waals surface area contributed by atoms with Crippen molar-refractivity contribution in [1.82, 2.24) is 15.1 Å². The summed E-state index contributed by atoms with van der Waals surface area (Å²) >= 11 is 0. The number of carbonyl (C=O) groups is 2. The van der Waals surface area contributed by atoms with E-state index in [-0.39, 0.29) is 36.6 Å². The van der Waals surface area contributed by atoms with Gasteiger partial charge in [-0.3, -0.25) is 14.9 Å². The minimum absolute atomic E-state index is 0.0651. The summed E-state index contributed by atoms with van der Waals surface area (Å²) < 4.78 is 43.6. The highest BCUT2D eigenvalue weighted by Gasteiger charge is 2.33. The Kier molecular flexibility index (Phi) is 7.95. The summed E-state index contributed by atoms with van der Waals surface area (Å²) in [5.41, 5.74) is -1.86. The third-order valence-corrected chi connectivity index (χ3v) is 5.69. The van der Waals surface area contributed by atoms with Gasteiger partial charge in [0.25, 0.3) is 5.69 Å². The average molecular weight is 473 g/mol. The SMILES string of the molecule is O=C(NCCNc1ccc(C(F)(F)F)cc1[N+](=O)[O-])N1CCC(C(=O)N2CCOCC2)CC1. The van der Waals surface area contributed by atoms with Crippen LogP contribution in [0.25, 0.3) is 0 Å². The zero-order valence-corrected chi connectivity index (χ0v) is 17.9. The number of hydrogen-bond donors (Lipinski definition) is 2. The number of ether oxygens (including phenoxy) is 1. The second-order valence-corrected chi connectivity index (χ2v) is 7.84. The zero-order chi connectivity index (χ0) is 24.0. The second kappa shape index (κ2) is 10.7. The number of carbonyl (C=O) groups excluding carboxylic acids is 2. The number of nitrogens with one attached hydrogen (secondary N) is 2. The zero-order valence-electron chi connectivity index (χ0n) is 17.9. The Morgan fingerprint density at radius 3 is 2.36 bits per heavy atom. The highest BCUT2D eigenvalue weighted by molar-refractivity contribution is 5.80. The van der Waals surface area contributed by atoms with Gasteiger partial charge in [0.15, 0.2) is 0 Å². The lowest BCUT2D eigenvalue weighted by atomic mass is 9.95. The van der Waals surface area contributed by atoms with Crippen molar-refractivity contribution in [2.24, 2.45) is 5.92 Å². The summed E-state index contributed by atoms with van der Waals surface area (Å²) in [5, 5.41) is 16.5. The van der Waals surface area contributed by atoms with Gasteiger partial charge >= 0.3 is 12.2 Å². The molecule has 0 aromatic heterocycles. The van der Waals surface area contributed by atoms with Gasteiger partial charge in [0, 0.05) is 51.3 Å². The van der Waals surface area contributed by atoms with Crippen molar-refractivity contribution in [2.75, 3.05) is 57.8 Å². The van der Waals surface area contributed by atoms with Gasteiger partial charge in [-0.05, 0) is 25.0 Å². The van der Waals surface area contributed by atoms with E-state index >= 15 is 0 Å². The molecule has 1 aromatic rings. The molecule has 2 N–H and O–H groups in total. The number of nitro benzene ring substituents is 1. The third-order valence-electron chi connectivity index (χ3n) is 5.69. The molecule has 2 aliphatic heterocycles. The van der Waals surface area contributed by atoms with E-state index in [0.717, 1.165) is 12.1 Å². The lowest BCUT2D eigenvalue weighted by Gasteiger charge is -2.35. The number of alkyl halides is 3. The Hall–Kier alpha value is -3.09. The molecule has 0 atom stereocenters. The van der Waals surface area contributed by atoms with Gasteiger partial charge in [0.2, 0.25) is 5.91 Å². The third kappa shape index (κ3) is 6.46. The van der Waals surface area contributed by atoms with Crippen LogP contribution < -0.4 is 10.6 Å². The van der Waals surface area contributed by atoms with Crippen molar-refractivity contribution in [3.63, 3.8) is 0 Å². The molecule has 0 spiro atoms. The number of rotatable bonds is 6. The van der Waals surface area contributed by atoms with Gasteiger partial charge < -0.3 is 25.2 Å². The molecular weight excluding hydrogens is 447 g/mol. The summed E-state index contributed by atoms with van der Waals surface area (Å²) in [6.07, 6.45) is -3.54. The lowest BCUT2D eigenvalue weighted by molar-refractivity contribution is -0.384. The molecule has 2 fully saturated rings. The number of piperidine rings is 1. The molecule has 0 unspecified atom stereocenters. The summed E-state index contributed by atoms with van der Waals surface area (Å²) in [4.78, 5) is 38.5. The van der Waals surface area contributed by atoms with E-state index in [0.29, 0.717) is 58.3 Å². The quantitative estimate of drug-likeness (QED) is 0.372. The number of morpholine rings is 1. The lowest BCUT2D eigenvalue weighted by Crippen LogP contribution is -2.49. The van der Waals surface area contributed by atoms with Crippen LogP contribution >= 0.6 is 0 Å². The maximum atomic E-state index is 12.8. The molecule has 3 amide bonds. The summed E-state index contributed by atoms with van der Waals surface area (Å²) in [7, 11) is 0. The average Bonchev–Trinajstić information content (AvgIpc) is 2.81. The molecule has 2 aliphatic rings. The van der Waals surface area contributed by atoms with Crippen molar-refractivity contribution >= 4 is 23.3 Å². The van der Waals surface area contributed by atoms with Crippen molar-refractivity contribution in [3.05, 3.63) is 33.9 Å². The van der Waals surface area contributed by atoms with E-state index in [4.69, 9.17) is 4.74 Å². The molecule has 33 heavy (non-hydrogen) atoms. The van der Waals surface area contributed by atoms with Gasteiger partial charge in [-0.1, -0.05) is 0 Å². The summed E-state index contributed by atoms with van der Waals surface area (Å²) in [5.74, 6) is -0.0188. The largest absolute Gasteiger partial charge is 0.416 e. The Balaban J connectivity index is 1.42. The number of nitrogens with zero attached hydrogens (tertiary/aromatic N) is 3. The molecule has 0 saturated carbocycles. The first-order chi connectivity index (χ1) is 15.7. The molecule has 13 heteroatoms. The number of hydrogen-bond acceptors (Lipinski definition) is 6. The Morgan fingerprint density at radius 2 is 1.76 bits per heavy atom. The molecular formula is C20H26F3N5O5. The van der Waals surface area contributed by atoms with Crippen molar-refractivity contribution < 1.29 is 32.4 Å². The number of halogens is 3. The van der Waals surface area contributed by atoms with Gasteiger partial charge in [0.05, 0.1) is 23.7 Å². The minimum Gasteiger partial charge on any atom is -0.378 e. The van der Waals surface area contributed by atoms with E-state index in [1.54, 1.807) is 9.80 Å². The first-order valence-electron chi connectivity index (χ1n) is 10.7. The number of urea groups is 1. The van der Waals surface area contributed by atoms with Crippen LogP contribution in [0.1, 0.15) is 18.4 Å². The van der Waals surface area contributed by atoms with E-state index in [1.165, 1.54) is 0 Å². The number of anilines is 1. The molecule has 2 saturated heterocycles. The van der Waals surface area contributed by atoms with Crippen LogP contribution in [0.2, 0.25) is 0 Å². The first kappa shape index (κ1) is 24.6. The van der Waals surface area contributed by atoms with Crippen molar-refractivity contribution in [3.8, 4) is 0 Å². The standard InChI is InChI=1S/C20H26F3N5O5/c21-20(22,23)15-1-2-16(17(13-15)28(31)32)24-5-6-25-19(30)27-7-3-14(4-8-27)18(29)26-9-11-33-12-10-26/h1-2,13-14,24H,3-12H2,(H,25,30). The fourth-order valence-electron chi connectivity index (χ4n) is 3.86. The van der Waals surface area contributed by atoms with Crippen LogP contribution in [0.5, 0.6) is 0 Å². The number of likely N-dealkylation sites (tertiary alicyclic amines) is 1. The molecule has 0 aliphatic carbocycles. The molecule has 0 radical (unpaired) electrons. The molecule has 3 rings (SSSR count). The molecule has 10 nitrogen and oxygen atoms in total. The van der Waals surface area contributed by atoms with Crippen LogP contribution in [0.3, 0.4) is 0 Å². The second-order valence-electron chi connectivity index (χ2n) is 7.84. The van der Waals surface area contributed by atoms with Gasteiger partial charge in [-0.25, -0.2) is 4.79 Å². The number of benzene rings is 1. The van der Waals surface area contributed by atoms with Crippen LogP contribution in [0.4, 0.5) is 29.3 Å². The van der Waals surface area contributed by atoms with E-state index < -0.39 is 22.4 Å². The Morgan fingerprint density at radius 1 is 1.09 bits per heavy atom. The number of nitro groups is 1. The minimum atomic E-state index is -4.68. The maximum Gasteiger partial charge on any atom is 0.416 e. The van der Waals surface area contributed by atoms with Crippen LogP contribution in [-0.4, -0.2) is 79.1 Å². The smallest absolute Gasteiger partial charge is 0.378 e. The molecule has 0 bridgehead atoms. The monoisotopic (exact) mass is 473 g/mol. The first-order valence-corrected chi connectivity index (χ1v) is 10.7. The molecule has 2 heterocycles.